The molecule has 1 unspecified atom stereocenters. The third-order valence-corrected chi connectivity index (χ3v) is 4.18. The molecule has 1 aliphatic carbocycles. The van der Waals surface area contributed by atoms with Gasteiger partial charge in [-0.15, -0.1) is 9.24 Å². The summed E-state index contributed by atoms with van der Waals surface area (Å²) < 4.78 is 0. The van der Waals surface area contributed by atoms with Crippen LogP contribution in [0.4, 0.5) is 0 Å². The Labute approximate surface area is 107 Å². The van der Waals surface area contributed by atoms with Gasteiger partial charge in [0.2, 0.25) is 0 Å². The zero-order chi connectivity index (χ0) is 11.6. The van der Waals surface area contributed by atoms with E-state index in [2.05, 4.69) is 33.5 Å². The highest BCUT2D eigenvalue weighted by Gasteiger charge is 2.38. The lowest BCUT2D eigenvalue weighted by atomic mass is 9.67. The summed E-state index contributed by atoms with van der Waals surface area (Å²) in [5.41, 5.74) is 1.03. The van der Waals surface area contributed by atoms with E-state index in [1.54, 1.807) is 6.92 Å². The van der Waals surface area contributed by atoms with Gasteiger partial charge in [0.1, 0.15) is 5.78 Å². The van der Waals surface area contributed by atoms with Crippen molar-refractivity contribution in [3.8, 4) is 0 Å². The Morgan fingerprint density at radius 2 is 1.88 bits per heavy atom. The van der Waals surface area contributed by atoms with Crippen LogP contribution < -0.4 is 5.30 Å². The standard InChI is InChI=1S/C14H19OP.CH4/c1-11(15)14(8-3-2-4-9-14)12-6-5-7-13(16)10-12;/h5-7,10H,2-4,8-9,16H2,1H3;1H4. The van der Waals surface area contributed by atoms with Gasteiger partial charge in [-0.1, -0.05) is 51.0 Å². The average Bonchev–Trinajstić information content (AvgIpc) is 2.30. The van der Waals surface area contributed by atoms with Crippen molar-refractivity contribution in [1.29, 1.82) is 0 Å². The topological polar surface area (TPSA) is 17.1 Å². The lowest BCUT2D eigenvalue weighted by Gasteiger charge is -2.35. The van der Waals surface area contributed by atoms with Crippen molar-refractivity contribution >= 4 is 20.3 Å². The molecule has 1 saturated carbocycles. The molecule has 1 nitrogen and oxygen atoms in total. The minimum absolute atomic E-state index is 0. The van der Waals surface area contributed by atoms with Crippen molar-refractivity contribution in [2.75, 3.05) is 0 Å². The van der Waals surface area contributed by atoms with E-state index < -0.39 is 0 Å². The summed E-state index contributed by atoms with van der Waals surface area (Å²) in [5, 5.41) is 1.17. The summed E-state index contributed by atoms with van der Waals surface area (Å²) in [6.07, 6.45) is 5.68. The maximum absolute atomic E-state index is 12.0. The van der Waals surface area contributed by atoms with Gasteiger partial charge < -0.3 is 0 Å². The van der Waals surface area contributed by atoms with E-state index in [1.807, 2.05) is 0 Å². The molecule has 2 heteroatoms. The molecule has 17 heavy (non-hydrogen) atoms. The fourth-order valence-corrected chi connectivity index (χ4v) is 3.13. The molecule has 94 valence electrons. The lowest BCUT2D eigenvalue weighted by molar-refractivity contribution is -0.123. The van der Waals surface area contributed by atoms with Gasteiger partial charge >= 0.3 is 0 Å². The maximum Gasteiger partial charge on any atom is 0.140 e. The molecule has 0 aromatic heterocycles. The molecular formula is C15H23OP. The van der Waals surface area contributed by atoms with Crippen LogP contribution in [0.1, 0.15) is 52.0 Å². The molecule has 1 aromatic carbocycles. The van der Waals surface area contributed by atoms with Crippen LogP contribution in [0, 0.1) is 0 Å². The molecule has 0 bridgehead atoms. The average molecular weight is 250 g/mol. The van der Waals surface area contributed by atoms with E-state index in [-0.39, 0.29) is 12.8 Å². The van der Waals surface area contributed by atoms with Gasteiger partial charge in [-0.05, 0) is 30.6 Å². The molecule has 0 heterocycles. The van der Waals surface area contributed by atoms with Gasteiger partial charge in [0.15, 0.2) is 0 Å². The Morgan fingerprint density at radius 3 is 2.41 bits per heavy atom. The van der Waals surface area contributed by atoms with E-state index in [4.69, 9.17) is 0 Å². The largest absolute Gasteiger partial charge is 0.299 e. The molecule has 1 atom stereocenters. The third-order valence-electron chi connectivity index (χ3n) is 3.82. The van der Waals surface area contributed by atoms with Crippen LogP contribution in [0.25, 0.3) is 0 Å². The first kappa shape index (κ1) is 14.4. The second kappa shape index (κ2) is 5.78. The van der Waals surface area contributed by atoms with Crippen molar-refractivity contribution in [2.24, 2.45) is 0 Å². The number of carbonyl (C=O) groups excluding carboxylic acids is 1. The van der Waals surface area contributed by atoms with Crippen LogP contribution in [0.5, 0.6) is 0 Å². The van der Waals surface area contributed by atoms with Crippen molar-refractivity contribution in [3.05, 3.63) is 29.8 Å². The third kappa shape index (κ3) is 2.77. The summed E-state index contributed by atoms with van der Waals surface area (Å²) in [6, 6.07) is 8.37. The molecule has 1 aromatic rings. The van der Waals surface area contributed by atoms with Crippen LogP contribution in [0.15, 0.2) is 24.3 Å². The van der Waals surface area contributed by atoms with Gasteiger partial charge in [-0.3, -0.25) is 4.79 Å². The maximum atomic E-state index is 12.0. The van der Waals surface area contributed by atoms with Gasteiger partial charge in [0.25, 0.3) is 0 Å². The Kier molecular flexibility index (Phi) is 4.89. The highest BCUT2D eigenvalue weighted by Crippen LogP contribution is 2.39. The summed E-state index contributed by atoms with van der Waals surface area (Å²) in [5.74, 6) is 0.336. The van der Waals surface area contributed by atoms with E-state index in [0.717, 1.165) is 12.8 Å². The molecule has 0 radical (unpaired) electrons. The van der Waals surface area contributed by atoms with Gasteiger partial charge in [0.05, 0.1) is 5.41 Å². The first-order chi connectivity index (χ1) is 7.65. The Morgan fingerprint density at radius 1 is 1.24 bits per heavy atom. The summed E-state index contributed by atoms with van der Waals surface area (Å²) in [6.45, 7) is 1.75. The number of benzene rings is 1. The van der Waals surface area contributed by atoms with Crippen molar-refractivity contribution in [3.63, 3.8) is 0 Å². The molecule has 1 aliphatic rings. The van der Waals surface area contributed by atoms with Crippen LogP contribution in [0.2, 0.25) is 0 Å². The van der Waals surface area contributed by atoms with Crippen LogP contribution >= 0.6 is 9.24 Å². The minimum Gasteiger partial charge on any atom is -0.299 e. The normalized spacial score (nSPS) is 18.2. The molecule has 0 amide bonds. The van der Waals surface area contributed by atoms with Crippen LogP contribution in [-0.4, -0.2) is 5.78 Å². The second-order valence-corrected chi connectivity index (χ2v) is 5.49. The molecule has 0 saturated heterocycles. The monoisotopic (exact) mass is 250 g/mol. The van der Waals surface area contributed by atoms with E-state index in [1.165, 1.54) is 30.1 Å². The first-order valence-electron chi connectivity index (χ1n) is 6.02. The quantitative estimate of drug-likeness (QED) is 0.733. The predicted octanol–water partition coefficient (Wildman–Crippen LogP) is 3.61. The number of ketones is 1. The van der Waals surface area contributed by atoms with Gasteiger partial charge in [-0.2, -0.15) is 0 Å². The Hall–Kier alpha value is -0.680. The summed E-state index contributed by atoms with van der Waals surface area (Å²) >= 11 is 0. The number of Topliss-reactive ketones (excluding diaryl/α,β-unsaturated/α-hetero) is 1. The van der Waals surface area contributed by atoms with Crippen LogP contribution in [0.3, 0.4) is 0 Å². The number of hydrogen-bond acceptors (Lipinski definition) is 1. The van der Waals surface area contributed by atoms with E-state index in [9.17, 15) is 4.79 Å². The first-order valence-corrected chi connectivity index (χ1v) is 6.60. The van der Waals surface area contributed by atoms with Gasteiger partial charge in [-0.25, -0.2) is 0 Å². The molecule has 0 aliphatic heterocycles. The SMILES string of the molecule is C.CC(=O)C1(c2cccc(P)c2)CCCCC1. The predicted molar refractivity (Wildman–Crippen MR) is 78.0 cm³/mol. The molecule has 1 fully saturated rings. The highest BCUT2D eigenvalue weighted by molar-refractivity contribution is 7.27. The fourth-order valence-electron chi connectivity index (χ4n) is 2.84. The number of hydrogen-bond donors (Lipinski definition) is 0. The second-order valence-electron chi connectivity index (χ2n) is 4.82. The van der Waals surface area contributed by atoms with E-state index >= 15 is 0 Å². The number of carbonyl (C=O) groups is 1. The zero-order valence-electron chi connectivity index (χ0n) is 9.83. The van der Waals surface area contributed by atoms with Crippen molar-refractivity contribution < 1.29 is 4.79 Å². The molecular weight excluding hydrogens is 227 g/mol. The summed E-state index contributed by atoms with van der Waals surface area (Å²) in [4.78, 5) is 12.0. The number of rotatable bonds is 2. The molecule has 2 rings (SSSR count). The Bertz CT molecular complexity index is 392. The summed E-state index contributed by atoms with van der Waals surface area (Å²) in [7, 11) is 2.72. The molecule has 0 spiro atoms. The fraction of sp³-hybridized carbons (Fsp3) is 0.533. The Balaban J connectivity index is 0.00000144. The minimum atomic E-state index is -0.190. The van der Waals surface area contributed by atoms with Crippen LogP contribution in [-0.2, 0) is 10.2 Å². The lowest BCUT2D eigenvalue weighted by Crippen LogP contribution is -2.36. The highest BCUT2D eigenvalue weighted by atomic mass is 31.0. The van der Waals surface area contributed by atoms with E-state index in [0.29, 0.717) is 5.78 Å². The molecule has 0 N–H and O–H groups in total. The van der Waals surface area contributed by atoms with Crippen molar-refractivity contribution in [2.45, 2.75) is 51.9 Å². The smallest absolute Gasteiger partial charge is 0.140 e. The van der Waals surface area contributed by atoms with Gasteiger partial charge in [0, 0.05) is 0 Å². The van der Waals surface area contributed by atoms with Crippen molar-refractivity contribution in [1.82, 2.24) is 0 Å². The zero-order valence-corrected chi connectivity index (χ0v) is 11.0.